The lowest BCUT2D eigenvalue weighted by Gasteiger charge is -2.37. The van der Waals surface area contributed by atoms with Gasteiger partial charge in [0.15, 0.2) is 11.0 Å². The molecule has 0 aromatic carbocycles. The van der Waals surface area contributed by atoms with E-state index in [1.807, 2.05) is 31.4 Å². The van der Waals surface area contributed by atoms with Crippen LogP contribution in [0.1, 0.15) is 18.7 Å². The van der Waals surface area contributed by atoms with Crippen molar-refractivity contribution in [2.75, 3.05) is 13.1 Å². The molecule has 1 saturated heterocycles. The molecule has 1 aromatic heterocycles. The summed E-state index contributed by atoms with van der Waals surface area (Å²) < 4.78 is 0. The maximum absolute atomic E-state index is 12.3. The van der Waals surface area contributed by atoms with E-state index in [1.165, 1.54) is 16.0 Å². The fourth-order valence-electron chi connectivity index (χ4n) is 2.14. The molecule has 0 N–H and O–H groups in total. The molecule has 0 saturated carbocycles. The second-order valence-corrected chi connectivity index (χ2v) is 5.89. The van der Waals surface area contributed by atoms with E-state index in [-0.39, 0.29) is 16.9 Å². The molecule has 1 aliphatic heterocycles. The van der Waals surface area contributed by atoms with Crippen molar-refractivity contribution in [3.63, 3.8) is 0 Å². The lowest BCUT2D eigenvalue weighted by Crippen LogP contribution is -2.59. The van der Waals surface area contributed by atoms with Gasteiger partial charge in [-0.1, -0.05) is 6.07 Å². The van der Waals surface area contributed by atoms with Crippen molar-refractivity contribution in [2.24, 2.45) is 10.9 Å². The third-order valence-corrected chi connectivity index (χ3v) is 4.54. The van der Waals surface area contributed by atoms with E-state index in [4.69, 9.17) is 12.2 Å². The SMILES string of the molecule is CCN1C(=O)C(C=NCc2cccs2)C(=O)N(CC)C1=S. The Kier molecular flexibility index (Phi) is 5.19. The number of hydrogen-bond donors (Lipinski definition) is 0. The molecular formula is C14H17N3O2S2. The van der Waals surface area contributed by atoms with E-state index in [0.29, 0.717) is 19.6 Å². The van der Waals surface area contributed by atoms with Gasteiger partial charge in [0.2, 0.25) is 11.8 Å². The summed E-state index contributed by atoms with van der Waals surface area (Å²) in [4.78, 5) is 32.9. The Bertz CT molecular complexity index is 543. The Morgan fingerprint density at radius 1 is 1.29 bits per heavy atom. The third-order valence-electron chi connectivity index (χ3n) is 3.24. The zero-order chi connectivity index (χ0) is 15.4. The van der Waals surface area contributed by atoms with Gasteiger partial charge in [0.1, 0.15) is 0 Å². The van der Waals surface area contributed by atoms with Gasteiger partial charge in [-0.05, 0) is 37.5 Å². The van der Waals surface area contributed by atoms with Gasteiger partial charge in [0.25, 0.3) is 0 Å². The molecule has 0 spiro atoms. The van der Waals surface area contributed by atoms with Crippen LogP contribution in [-0.4, -0.2) is 46.0 Å². The highest BCUT2D eigenvalue weighted by atomic mass is 32.1. The number of hydrogen-bond acceptors (Lipinski definition) is 5. The maximum atomic E-state index is 12.3. The van der Waals surface area contributed by atoms with Gasteiger partial charge in [0.05, 0.1) is 6.54 Å². The quantitative estimate of drug-likeness (QED) is 0.473. The van der Waals surface area contributed by atoms with E-state index in [1.54, 1.807) is 11.3 Å². The van der Waals surface area contributed by atoms with Crippen molar-refractivity contribution >= 4 is 46.7 Å². The largest absolute Gasteiger partial charge is 0.291 e. The highest BCUT2D eigenvalue weighted by Gasteiger charge is 2.41. The summed E-state index contributed by atoms with van der Waals surface area (Å²) in [5.41, 5.74) is 0. The Balaban J connectivity index is 2.16. The average molecular weight is 323 g/mol. The monoisotopic (exact) mass is 323 g/mol. The summed E-state index contributed by atoms with van der Waals surface area (Å²) in [5.74, 6) is -1.43. The highest BCUT2D eigenvalue weighted by Crippen LogP contribution is 2.17. The lowest BCUT2D eigenvalue weighted by atomic mass is 10.1. The van der Waals surface area contributed by atoms with Crippen molar-refractivity contribution in [3.05, 3.63) is 22.4 Å². The summed E-state index contributed by atoms with van der Waals surface area (Å²) in [6, 6.07) is 3.92. The van der Waals surface area contributed by atoms with Gasteiger partial charge in [-0.15, -0.1) is 11.3 Å². The van der Waals surface area contributed by atoms with Crippen LogP contribution in [0, 0.1) is 5.92 Å². The fraction of sp³-hybridized carbons (Fsp3) is 0.429. The van der Waals surface area contributed by atoms with Crippen LogP contribution in [-0.2, 0) is 16.1 Å². The number of carbonyl (C=O) groups excluding carboxylic acids is 2. The van der Waals surface area contributed by atoms with E-state index < -0.39 is 5.92 Å². The van der Waals surface area contributed by atoms with Gasteiger partial charge in [-0.3, -0.25) is 24.4 Å². The van der Waals surface area contributed by atoms with Crippen molar-refractivity contribution in [3.8, 4) is 0 Å². The van der Waals surface area contributed by atoms with Gasteiger partial charge in [0, 0.05) is 24.2 Å². The summed E-state index contributed by atoms with van der Waals surface area (Å²) in [7, 11) is 0. The highest BCUT2D eigenvalue weighted by molar-refractivity contribution is 7.80. The van der Waals surface area contributed by atoms with Crippen LogP contribution in [0.25, 0.3) is 0 Å². The molecule has 0 bridgehead atoms. The second kappa shape index (κ2) is 6.91. The summed E-state index contributed by atoms with van der Waals surface area (Å²) >= 11 is 6.80. The van der Waals surface area contributed by atoms with Crippen LogP contribution in [0.15, 0.2) is 22.5 Å². The number of thiocarbonyl (C=S) groups is 1. The molecule has 0 aliphatic carbocycles. The molecule has 0 atom stereocenters. The first-order valence-corrected chi connectivity index (χ1v) is 8.08. The third kappa shape index (κ3) is 3.19. The van der Waals surface area contributed by atoms with Gasteiger partial charge < -0.3 is 0 Å². The second-order valence-electron chi connectivity index (χ2n) is 4.49. The molecule has 1 fully saturated rings. The number of nitrogens with zero attached hydrogens (tertiary/aromatic N) is 3. The molecule has 21 heavy (non-hydrogen) atoms. The predicted octanol–water partition coefficient (Wildman–Crippen LogP) is 1.93. The van der Waals surface area contributed by atoms with Crippen molar-refractivity contribution in [1.82, 2.24) is 9.80 Å². The minimum absolute atomic E-state index is 0.285. The number of rotatable bonds is 5. The first-order chi connectivity index (χ1) is 10.1. The van der Waals surface area contributed by atoms with Gasteiger partial charge >= 0.3 is 0 Å². The first-order valence-electron chi connectivity index (χ1n) is 6.79. The Morgan fingerprint density at radius 3 is 2.38 bits per heavy atom. The van der Waals surface area contributed by atoms with Crippen LogP contribution in [0.5, 0.6) is 0 Å². The molecule has 1 aromatic rings. The molecule has 2 heterocycles. The topological polar surface area (TPSA) is 53.0 Å². The minimum atomic E-state index is -0.864. The minimum Gasteiger partial charge on any atom is -0.291 e. The molecule has 0 radical (unpaired) electrons. The molecule has 5 nitrogen and oxygen atoms in total. The summed E-state index contributed by atoms with van der Waals surface area (Å²) in [5, 5.41) is 2.26. The van der Waals surface area contributed by atoms with Crippen LogP contribution in [0.3, 0.4) is 0 Å². The van der Waals surface area contributed by atoms with Gasteiger partial charge in [-0.2, -0.15) is 0 Å². The van der Waals surface area contributed by atoms with Crippen molar-refractivity contribution < 1.29 is 9.59 Å². The Hall–Kier alpha value is -1.60. The normalized spacial score (nSPS) is 17.3. The molecule has 2 rings (SSSR count). The van der Waals surface area contributed by atoms with E-state index in [0.717, 1.165) is 4.88 Å². The van der Waals surface area contributed by atoms with Crippen LogP contribution in [0.2, 0.25) is 0 Å². The zero-order valence-electron chi connectivity index (χ0n) is 12.0. The van der Waals surface area contributed by atoms with E-state index in [9.17, 15) is 9.59 Å². The van der Waals surface area contributed by atoms with Crippen molar-refractivity contribution in [1.29, 1.82) is 0 Å². The van der Waals surface area contributed by atoms with Gasteiger partial charge in [-0.25, -0.2) is 0 Å². The lowest BCUT2D eigenvalue weighted by molar-refractivity contribution is -0.143. The van der Waals surface area contributed by atoms with Crippen LogP contribution in [0.4, 0.5) is 0 Å². The van der Waals surface area contributed by atoms with Crippen LogP contribution >= 0.6 is 23.6 Å². The van der Waals surface area contributed by atoms with E-state index >= 15 is 0 Å². The number of thiophene rings is 1. The fourth-order valence-corrected chi connectivity index (χ4v) is 3.21. The number of aliphatic imine (C=N–C) groups is 1. The number of amides is 2. The Labute approximate surface area is 133 Å². The average Bonchev–Trinajstić information content (AvgIpc) is 2.97. The smallest absolute Gasteiger partial charge is 0.246 e. The molecule has 1 aliphatic rings. The molecule has 7 heteroatoms. The molecule has 2 amide bonds. The summed E-state index contributed by atoms with van der Waals surface area (Å²) in [6.45, 7) is 5.08. The Morgan fingerprint density at radius 2 is 1.90 bits per heavy atom. The van der Waals surface area contributed by atoms with Crippen LogP contribution < -0.4 is 0 Å². The summed E-state index contributed by atoms with van der Waals surface area (Å²) in [6.07, 6.45) is 1.46. The number of carbonyl (C=O) groups is 2. The molecule has 112 valence electrons. The maximum Gasteiger partial charge on any atom is 0.246 e. The first kappa shape index (κ1) is 15.8. The van der Waals surface area contributed by atoms with Crippen molar-refractivity contribution in [2.45, 2.75) is 20.4 Å². The molecular weight excluding hydrogens is 306 g/mol. The zero-order valence-corrected chi connectivity index (χ0v) is 13.6. The molecule has 0 unspecified atom stereocenters. The van der Waals surface area contributed by atoms with E-state index in [2.05, 4.69) is 4.99 Å². The predicted molar refractivity (Wildman–Crippen MR) is 87.4 cm³/mol. The standard InChI is InChI=1S/C14H17N3O2S2/c1-3-16-12(18)11(13(19)17(4-2)14(16)20)9-15-8-10-6-5-7-21-10/h5-7,9,11H,3-4,8H2,1-2H3.